The topological polar surface area (TPSA) is 46.6 Å². The average Bonchev–Trinajstić information content (AvgIpc) is 2.47. The molecule has 130 valence electrons. The van der Waals surface area contributed by atoms with Gasteiger partial charge in [-0.15, -0.1) is 0 Å². The molecule has 0 spiro atoms. The Bertz CT molecular complexity index is 658. The highest BCUT2D eigenvalue weighted by molar-refractivity contribution is 7.89. The van der Waals surface area contributed by atoms with Crippen LogP contribution in [-0.2, 0) is 20.9 Å². The van der Waals surface area contributed by atoms with Crippen molar-refractivity contribution >= 4 is 21.6 Å². The van der Waals surface area contributed by atoms with Gasteiger partial charge in [-0.3, -0.25) is 0 Å². The minimum Gasteiger partial charge on any atom is -0.377 e. The zero-order valence-electron chi connectivity index (χ0n) is 12.4. The molecule has 0 radical (unpaired) electrons. The standard InChI is InChI=1S/C14H17ClF3NO3S/c1-19(9-11-4-2-3-7-22-11)23(20,21)13-8-10(14(16,17)18)5-6-12(13)15/h5-6,8,11H,2-4,7,9H2,1H3. The summed E-state index contributed by atoms with van der Waals surface area (Å²) in [6.07, 6.45) is -2.32. The predicted molar refractivity (Wildman–Crippen MR) is 79.9 cm³/mol. The summed E-state index contributed by atoms with van der Waals surface area (Å²) in [5.41, 5.74) is -1.05. The zero-order valence-corrected chi connectivity index (χ0v) is 14.0. The third kappa shape index (κ3) is 4.37. The first-order chi connectivity index (χ1) is 10.6. The molecule has 0 N–H and O–H groups in total. The van der Waals surface area contributed by atoms with Gasteiger partial charge in [0.2, 0.25) is 10.0 Å². The van der Waals surface area contributed by atoms with Gasteiger partial charge in [-0.05, 0) is 37.5 Å². The van der Waals surface area contributed by atoms with Crippen molar-refractivity contribution in [1.29, 1.82) is 0 Å². The fourth-order valence-corrected chi connectivity index (χ4v) is 4.08. The lowest BCUT2D eigenvalue weighted by atomic mass is 10.1. The summed E-state index contributed by atoms with van der Waals surface area (Å²) in [5, 5.41) is -0.241. The molecule has 23 heavy (non-hydrogen) atoms. The molecule has 2 rings (SSSR count). The van der Waals surface area contributed by atoms with E-state index in [-0.39, 0.29) is 17.7 Å². The molecule has 1 unspecified atom stereocenters. The van der Waals surface area contributed by atoms with Gasteiger partial charge in [0.1, 0.15) is 4.90 Å². The monoisotopic (exact) mass is 371 g/mol. The van der Waals surface area contributed by atoms with E-state index in [4.69, 9.17) is 16.3 Å². The second-order valence-corrected chi connectivity index (χ2v) is 7.84. The maximum absolute atomic E-state index is 12.8. The third-order valence-electron chi connectivity index (χ3n) is 3.68. The van der Waals surface area contributed by atoms with E-state index in [0.717, 1.165) is 35.7 Å². The van der Waals surface area contributed by atoms with Crippen LogP contribution in [0, 0.1) is 0 Å². The number of hydrogen-bond donors (Lipinski definition) is 0. The summed E-state index contributed by atoms with van der Waals surface area (Å²) in [6.45, 7) is 0.637. The van der Waals surface area contributed by atoms with Crippen molar-refractivity contribution in [3.8, 4) is 0 Å². The first kappa shape index (κ1) is 18.5. The summed E-state index contributed by atoms with van der Waals surface area (Å²) >= 11 is 5.81. The van der Waals surface area contributed by atoms with Crippen molar-refractivity contribution in [3.05, 3.63) is 28.8 Å². The van der Waals surface area contributed by atoms with E-state index in [1.165, 1.54) is 7.05 Å². The molecule has 1 heterocycles. The largest absolute Gasteiger partial charge is 0.416 e. The van der Waals surface area contributed by atoms with Crippen LogP contribution in [0.2, 0.25) is 5.02 Å². The lowest BCUT2D eigenvalue weighted by Crippen LogP contribution is -2.37. The van der Waals surface area contributed by atoms with E-state index >= 15 is 0 Å². The van der Waals surface area contributed by atoms with E-state index < -0.39 is 26.7 Å². The average molecular weight is 372 g/mol. The number of nitrogens with zero attached hydrogens (tertiary/aromatic N) is 1. The first-order valence-corrected chi connectivity index (χ1v) is 8.89. The Labute approximate surface area is 138 Å². The van der Waals surface area contributed by atoms with Gasteiger partial charge in [0, 0.05) is 20.2 Å². The van der Waals surface area contributed by atoms with E-state index in [1.54, 1.807) is 0 Å². The highest BCUT2D eigenvalue weighted by Crippen LogP contribution is 2.34. The summed E-state index contributed by atoms with van der Waals surface area (Å²) in [5.74, 6) is 0. The van der Waals surface area contributed by atoms with Crippen LogP contribution < -0.4 is 0 Å². The Morgan fingerprint density at radius 1 is 1.35 bits per heavy atom. The van der Waals surface area contributed by atoms with Gasteiger partial charge >= 0.3 is 6.18 Å². The SMILES string of the molecule is CN(CC1CCCCO1)S(=O)(=O)c1cc(C(F)(F)F)ccc1Cl. The second-order valence-electron chi connectivity index (χ2n) is 5.42. The van der Waals surface area contributed by atoms with Crippen LogP contribution in [0.4, 0.5) is 13.2 Å². The van der Waals surface area contributed by atoms with Gasteiger partial charge in [-0.1, -0.05) is 11.6 Å². The van der Waals surface area contributed by atoms with Gasteiger partial charge in [0.15, 0.2) is 0 Å². The Morgan fingerprint density at radius 2 is 2.04 bits per heavy atom. The lowest BCUT2D eigenvalue weighted by Gasteiger charge is -2.27. The zero-order chi connectivity index (χ0) is 17.3. The Balaban J connectivity index is 2.27. The summed E-state index contributed by atoms with van der Waals surface area (Å²) in [6, 6.07) is 2.27. The number of rotatable bonds is 4. The molecule has 1 fully saturated rings. The number of benzene rings is 1. The van der Waals surface area contributed by atoms with E-state index in [0.29, 0.717) is 12.7 Å². The van der Waals surface area contributed by atoms with Crippen molar-refractivity contribution in [2.75, 3.05) is 20.2 Å². The van der Waals surface area contributed by atoms with Gasteiger partial charge < -0.3 is 4.74 Å². The van der Waals surface area contributed by atoms with E-state index in [1.807, 2.05) is 0 Å². The van der Waals surface area contributed by atoms with Crippen LogP contribution in [0.25, 0.3) is 0 Å². The number of likely N-dealkylation sites (N-methyl/N-ethyl adjacent to an activating group) is 1. The summed E-state index contributed by atoms with van der Waals surface area (Å²) in [7, 11) is -2.82. The Morgan fingerprint density at radius 3 is 2.61 bits per heavy atom. The highest BCUT2D eigenvalue weighted by atomic mass is 35.5. The Hall–Kier alpha value is -0.830. The van der Waals surface area contributed by atoms with Crippen LogP contribution >= 0.6 is 11.6 Å². The van der Waals surface area contributed by atoms with Crippen LogP contribution in [0.5, 0.6) is 0 Å². The minimum absolute atomic E-state index is 0.0783. The highest BCUT2D eigenvalue weighted by Gasteiger charge is 2.34. The van der Waals surface area contributed by atoms with Crippen LogP contribution in [0.15, 0.2) is 23.1 Å². The molecular weight excluding hydrogens is 355 g/mol. The quantitative estimate of drug-likeness (QED) is 0.813. The van der Waals surface area contributed by atoms with Gasteiger partial charge in [-0.2, -0.15) is 17.5 Å². The van der Waals surface area contributed by atoms with Crippen LogP contribution in [0.3, 0.4) is 0 Å². The predicted octanol–water partition coefficient (Wildman–Crippen LogP) is 3.55. The van der Waals surface area contributed by atoms with Crippen molar-refractivity contribution in [2.24, 2.45) is 0 Å². The van der Waals surface area contributed by atoms with Gasteiger partial charge in [0.05, 0.1) is 16.7 Å². The molecule has 1 aliphatic rings. The number of sulfonamides is 1. The summed E-state index contributed by atoms with van der Waals surface area (Å²) < 4.78 is 69.9. The molecule has 1 atom stereocenters. The number of halogens is 4. The molecule has 1 saturated heterocycles. The number of hydrogen-bond acceptors (Lipinski definition) is 3. The van der Waals surface area contributed by atoms with Crippen LogP contribution in [0.1, 0.15) is 24.8 Å². The molecule has 4 nitrogen and oxygen atoms in total. The second kappa shape index (κ2) is 6.96. The van der Waals surface area contributed by atoms with Crippen molar-refractivity contribution < 1.29 is 26.3 Å². The molecule has 1 aromatic rings. The smallest absolute Gasteiger partial charge is 0.377 e. The molecule has 0 amide bonds. The lowest BCUT2D eigenvalue weighted by molar-refractivity contribution is -0.137. The van der Waals surface area contributed by atoms with Gasteiger partial charge in [-0.25, -0.2) is 8.42 Å². The van der Waals surface area contributed by atoms with Gasteiger partial charge in [0.25, 0.3) is 0 Å². The molecule has 9 heteroatoms. The number of ether oxygens (including phenoxy) is 1. The van der Waals surface area contributed by atoms with E-state index in [2.05, 4.69) is 0 Å². The maximum atomic E-state index is 12.8. The van der Waals surface area contributed by atoms with Crippen molar-refractivity contribution in [3.63, 3.8) is 0 Å². The fraction of sp³-hybridized carbons (Fsp3) is 0.571. The molecule has 0 bridgehead atoms. The number of alkyl halides is 3. The third-order valence-corrected chi connectivity index (χ3v) is 5.99. The molecular formula is C14H17ClF3NO3S. The van der Waals surface area contributed by atoms with Crippen molar-refractivity contribution in [1.82, 2.24) is 4.31 Å². The molecule has 0 aromatic heterocycles. The first-order valence-electron chi connectivity index (χ1n) is 7.07. The van der Waals surface area contributed by atoms with Crippen LogP contribution in [-0.4, -0.2) is 39.0 Å². The normalized spacial score (nSPS) is 20.0. The minimum atomic E-state index is -4.64. The molecule has 0 saturated carbocycles. The molecule has 1 aliphatic heterocycles. The summed E-state index contributed by atoms with van der Waals surface area (Å²) in [4.78, 5) is -0.549. The molecule has 1 aromatic carbocycles. The molecule has 0 aliphatic carbocycles. The maximum Gasteiger partial charge on any atom is 0.416 e. The van der Waals surface area contributed by atoms with E-state index in [9.17, 15) is 21.6 Å². The fourth-order valence-electron chi connectivity index (χ4n) is 2.38. The van der Waals surface area contributed by atoms with Crippen molar-refractivity contribution in [2.45, 2.75) is 36.4 Å². The Kier molecular flexibility index (Phi) is 5.60.